The van der Waals surface area contributed by atoms with Crippen LogP contribution in [-0.2, 0) is 4.79 Å². The van der Waals surface area contributed by atoms with Gasteiger partial charge < -0.3 is 15.2 Å². The Morgan fingerprint density at radius 2 is 2.44 bits per heavy atom. The van der Waals surface area contributed by atoms with Crippen LogP contribution >= 0.6 is 0 Å². The molecule has 88 valence electrons. The summed E-state index contributed by atoms with van der Waals surface area (Å²) in [4.78, 5) is 18.5. The summed E-state index contributed by atoms with van der Waals surface area (Å²) >= 11 is 0. The molecule has 6 nitrogen and oxygen atoms in total. The number of carbonyl (C=O) groups is 1. The van der Waals surface area contributed by atoms with Crippen molar-refractivity contribution in [2.45, 2.75) is 26.3 Å². The number of aromatic nitrogens is 2. The maximum absolute atomic E-state index is 10.5. The number of ether oxygens (including phenoxy) is 1. The minimum atomic E-state index is -0.860. The SMILES string of the molecule is CCOc1ccnc(NC(C)CC(=O)O)n1. The quantitative estimate of drug-likeness (QED) is 0.755. The van der Waals surface area contributed by atoms with Crippen LogP contribution in [0.5, 0.6) is 5.88 Å². The first-order valence-corrected chi connectivity index (χ1v) is 5.06. The van der Waals surface area contributed by atoms with E-state index in [-0.39, 0.29) is 12.5 Å². The normalized spacial score (nSPS) is 11.9. The van der Waals surface area contributed by atoms with E-state index < -0.39 is 5.97 Å². The number of anilines is 1. The van der Waals surface area contributed by atoms with Gasteiger partial charge in [0.05, 0.1) is 13.0 Å². The summed E-state index contributed by atoms with van der Waals surface area (Å²) in [6, 6.07) is 1.42. The lowest BCUT2D eigenvalue weighted by atomic mass is 10.2. The molecule has 6 heteroatoms. The van der Waals surface area contributed by atoms with E-state index in [4.69, 9.17) is 9.84 Å². The maximum atomic E-state index is 10.5. The fourth-order valence-electron chi connectivity index (χ4n) is 1.17. The number of hydrogen-bond donors (Lipinski definition) is 2. The zero-order valence-corrected chi connectivity index (χ0v) is 9.30. The molecule has 0 aromatic carbocycles. The zero-order valence-electron chi connectivity index (χ0n) is 9.30. The van der Waals surface area contributed by atoms with Crippen LogP contribution in [0.3, 0.4) is 0 Å². The Morgan fingerprint density at radius 1 is 1.69 bits per heavy atom. The molecule has 0 spiro atoms. The van der Waals surface area contributed by atoms with Gasteiger partial charge in [-0.1, -0.05) is 0 Å². The molecule has 0 fully saturated rings. The summed E-state index contributed by atoms with van der Waals surface area (Å²) in [5, 5.41) is 11.5. The van der Waals surface area contributed by atoms with Crippen LogP contribution in [0.15, 0.2) is 12.3 Å². The van der Waals surface area contributed by atoms with Gasteiger partial charge >= 0.3 is 5.97 Å². The van der Waals surface area contributed by atoms with Gasteiger partial charge in [0.2, 0.25) is 11.8 Å². The molecule has 1 unspecified atom stereocenters. The lowest BCUT2D eigenvalue weighted by Gasteiger charge is -2.11. The molecular formula is C10H15N3O3. The number of nitrogens with one attached hydrogen (secondary N) is 1. The molecule has 16 heavy (non-hydrogen) atoms. The second-order valence-electron chi connectivity index (χ2n) is 3.29. The number of rotatable bonds is 6. The third-order valence-electron chi connectivity index (χ3n) is 1.78. The van der Waals surface area contributed by atoms with Crippen LogP contribution in [0.2, 0.25) is 0 Å². The van der Waals surface area contributed by atoms with E-state index in [0.717, 1.165) is 0 Å². The number of carboxylic acids is 1. The van der Waals surface area contributed by atoms with Crippen molar-refractivity contribution in [2.24, 2.45) is 0 Å². The van der Waals surface area contributed by atoms with Gasteiger partial charge in [0.15, 0.2) is 0 Å². The van der Waals surface area contributed by atoms with E-state index in [1.807, 2.05) is 6.92 Å². The van der Waals surface area contributed by atoms with Gasteiger partial charge in [0.25, 0.3) is 0 Å². The van der Waals surface area contributed by atoms with Crippen molar-refractivity contribution in [3.8, 4) is 5.88 Å². The molecule has 0 aliphatic rings. The van der Waals surface area contributed by atoms with Crippen LogP contribution in [0.25, 0.3) is 0 Å². The van der Waals surface area contributed by atoms with Gasteiger partial charge in [-0.15, -0.1) is 0 Å². The molecule has 0 aliphatic heterocycles. The van der Waals surface area contributed by atoms with Crippen LogP contribution < -0.4 is 10.1 Å². The smallest absolute Gasteiger partial charge is 0.305 e. The van der Waals surface area contributed by atoms with Gasteiger partial charge in [-0.2, -0.15) is 4.98 Å². The summed E-state index contributed by atoms with van der Waals surface area (Å²) in [7, 11) is 0. The average molecular weight is 225 g/mol. The first-order valence-electron chi connectivity index (χ1n) is 5.06. The molecule has 0 aliphatic carbocycles. The van der Waals surface area contributed by atoms with Crippen LogP contribution in [-0.4, -0.2) is 33.7 Å². The first kappa shape index (κ1) is 12.2. The van der Waals surface area contributed by atoms with E-state index in [2.05, 4.69) is 15.3 Å². The molecule has 1 aromatic rings. The third-order valence-corrected chi connectivity index (χ3v) is 1.78. The molecule has 1 heterocycles. The second kappa shape index (κ2) is 5.89. The largest absolute Gasteiger partial charge is 0.481 e. The van der Waals surface area contributed by atoms with E-state index >= 15 is 0 Å². The Kier molecular flexibility index (Phi) is 4.50. The molecule has 0 radical (unpaired) electrons. The van der Waals surface area contributed by atoms with Crippen molar-refractivity contribution < 1.29 is 14.6 Å². The topological polar surface area (TPSA) is 84.3 Å². The highest BCUT2D eigenvalue weighted by molar-refractivity contribution is 5.68. The molecular weight excluding hydrogens is 210 g/mol. The van der Waals surface area contributed by atoms with Gasteiger partial charge in [0, 0.05) is 18.3 Å². The van der Waals surface area contributed by atoms with Crippen molar-refractivity contribution in [3.63, 3.8) is 0 Å². The highest BCUT2D eigenvalue weighted by Gasteiger charge is 2.08. The van der Waals surface area contributed by atoms with E-state index in [1.165, 1.54) is 0 Å². The van der Waals surface area contributed by atoms with Crippen molar-refractivity contribution >= 4 is 11.9 Å². The summed E-state index contributed by atoms with van der Waals surface area (Å²) in [6.45, 7) is 4.15. The highest BCUT2D eigenvalue weighted by atomic mass is 16.5. The van der Waals surface area contributed by atoms with Crippen molar-refractivity contribution in [1.29, 1.82) is 0 Å². The summed E-state index contributed by atoms with van der Waals surface area (Å²) in [5.74, 6) is -0.0109. The Morgan fingerprint density at radius 3 is 3.06 bits per heavy atom. The number of aliphatic carboxylic acids is 1. The molecule has 1 atom stereocenters. The number of carboxylic acid groups (broad SMARTS) is 1. The lowest BCUT2D eigenvalue weighted by molar-refractivity contribution is -0.137. The fraction of sp³-hybridized carbons (Fsp3) is 0.500. The minimum absolute atomic E-state index is 0.0161. The van der Waals surface area contributed by atoms with Gasteiger partial charge in [-0.25, -0.2) is 4.98 Å². The number of hydrogen-bond acceptors (Lipinski definition) is 5. The Balaban J connectivity index is 2.59. The number of nitrogens with zero attached hydrogens (tertiary/aromatic N) is 2. The molecule has 0 saturated heterocycles. The van der Waals surface area contributed by atoms with Gasteiger partial charge in [-0.05, 0) is 13.8 Å². The Hall–Kier alpha value is -1.85. The molecule has 0 amide bonds. The predicted octanol–water partition coefficient (Wildman–Crippen LogP) is 1.15. The Bertz CT molecular complexity index is 357. The standard InChI is InChI=1S/C10H15N3O3/c1-3-16-8-4-5-11-10(13-8)12-7(2)6-9(14)15/h4-5,7H,3,6H2,1-2H3,(H,14,15)(H,11,12,13). The molecule has 1 rings (SSSR count). The summed E-state index contributed by atoms with van der Waals surface area (Å²) < 4.78 is 5.20. The van der Waals surface area contributed by atoms with E-state index in [9.17, 15) is 4.79 Å². The molecule has 0 bridgehead atoms. The van der Waals surface area contributed by atoms with Crippen molar-refractivity contribution in [3.05, 3.63) is 12.3 Å². The van der Waals surface area contributed by atoms with Crippen molar-refractivity contribution in [2.75, 3.05) is 11.9 Å². The van der Waals surface area contributed by atoms with Gasteiger partial charge in [-0.3, -0.25) is 4.79 Å². The minimum Gasteiger partial charge on any atom is -0.481 e. The monoisotopic (exact) mass is 225 g/mol. The van der Waals surface area contributed by atoms with Gasteiger partial charge in [0.1, 0.15) is 0 Å². The Labute approximate surface area is 93.7 Å². The summed E-state index contributed by atoms with van der Waals surface area (Å²) in [6.07, 6.45) is 1.58. The van der Waals surface area contributed by atoms with Crippen LogP contribution in [0.1, 0.15) is 20.3 Å². The van der Waals surface area contributed by atoms with Crippen LogP contribution in [0.4, 0.5) is 5.95 Å². The summed E-state index contributed by atoms with van der Waals surface area (Å²) in [5.41, 5.74) is 0. The fourth-order valence-corrected chi connectivity index (χ4v) is 1.17. The first-order chi connectivity index (χ1) is 7.61. The van der Waals surface area contributed by atoms with E-state index in [1.54, 1.807) is 19.2 Å². The third kappa shape index (κ3) is 4.12. The van der Waals surface area contributed by atoms with Crippen LogP contribution in [0, 0.1) is 0 Å². The maximum Gasteiger partial charge on any atom is 0.305 e. The molecule has 1 aromatic heterocycles. The van der Waals surface area contributed by atoms with E-state index in [0.29, 0.717) is 18.4 Å². The second-order valence-corrected chi connectivity index (χ2v) is 3.29. The average Bonchev–Trinajstić information content (AvgIpc) is 2.17. The highest BCUT2D eigenvalue weighted by Crippen LogP contribution is 2.09. The van der Waals surface area contributed by atoms with Crippen molar-refractivity contribution in [1.82, 2.24) is 9.97 Å². The molecule has 0 saturated carbocycles. The zero-order chi connectivity index (χ0) is 12.0. The molecule has 2 N–H and O–H groups in total. The predicted molar refractivity (Wildman–Crippen MR) is 58.5 cm³/mol. The lowest BCUT2D eigenvalue weighted by Crippen LogP contribution is -2.20.